The van der Waals surface area contributed by atoms with E-state index >= 15 is 0 Å². The number of aryl methyl sites for hydroxylation is 3. The van der Waals surface area contributed by atoms with Crippen molar-refractivity contribution in [3.05, 3.63) is 27.8 Å². The molecule has 0 saturated heterocycles. The van der Waals surface area contributed by atoms with Crippen LogP contribution in [0.1, 0.15) is 35.2 Å². The van der Waals surface area contributed by atoms with Crippen LogP contribution in [0.25, 0.3) is 0 Å². The second-order valence-electron chi connectivity index (χ2n) is 5.93. The van der Waals surface area contributed by atoms with E-state index in [1.54, 1.807) is 23.5 Å². The van der Waals surface area contributed by atoms with Crippen LogP contribution in [-0.4, -0.2) is 50.4 Å². The molecule has 25 heavy (non-hydrogen) atoms. The third-order valence-corrected chi connectivity index (χ3v) is 5.01. The van der Waals surface area contributed by atoms with Crippen LogP contribution in [0.15, 0.2) is 10.7 Å². The molecule has 9 heteroatoms. The van der Waals surface area contributed by atoms with Gasteiger partial charge >= 0.3 is 0 Å². The Labute approximate surface area is 155 Å². The molecule has 2 amide bonds. The minimum atomic E-state index is -0.197. The van der Waals surface area contributed by atoms with Gasteiger partial charge in [-0.3, -0.25) is 19.0 Å². The highest BCUT2D eigenvalue weighted by atomic mass is 79.9. The molecule has 0 saturated carbocycles. The summed E-state index contributed by atoms with van der Waals surface area (Å²) in [5.41, 5.74) is 2.68. The van der Waals surface area contributed by atoms with E-state index in [1.165, 1.54) is 11.1 Å². The van der Waals surface area contributed by atoms with Crippen molar-refractivity contribution >= 4 is 33.4 Å². The molecule has 136 valence electrons. The summed E-state index contributed by atoms with van der Waals surface area (Å²) in [4.78, 5) is 26.1. The highest BCUT2D eigenvalue weighted by Crippen LogP contribution is 2.20. The van der Waals surface area contributed by atoms with Gasteiger partial charge in [-0.1, -0.05) is 0 Å². The molecule has 2 rings (SSSR count). The van der Waals surface area contributed by atoms with Gasteiger partial charge in [-0.05, 0) is 36.7 Å². The van der Waals surface area contributed by atoms with Crippen molar-refractivity contribution in [2.75, 3.05) is 19.4 Å². The van der Waals surface area contributed by atoms with E-state index in [2.05, 4.69) is 31.4 Å². The van der Waals surface area contributed by atoms with E-state index in [4.69, 9.17) is 0 Å². The van der Waals surface area contributed by atoms with Crippen molar-refractivity contribution in [3.8, 4) is 0 Å². The molecule has 0 atom stereocenters. The Morgan fingerprint density at radius 2 is 1.96 bits per heavy atom. The van der Waals surface area contributed by atoms with Gasteiger partial charge in [-0.2, -0.15) is 10.2 Å². The molecular formula is C16H23BrN6O2. The average Bonchev–Trinajstić information content (AvgIpc) is 3.08. The van der Waals surface area contributed by atoms with Crippen LogP contribution in [0.2, 0.25) is 0 Å². The summed E-state index contributed by atoms with van der Waals surface area (Å²) in [5, 5.41) is 11.3. The number of halogens is 1. The first kappa shape index (κ1) is 19.2. The lowest BCUT2D eigenvalue weighted by atomic mass is 10.3. The molecule has 0 fully saturated rings. The highest BCUT2D eigenvalue weighted by Gasteiger charge is 2.21. The summed E-state index contributed by atoms with van der Waals surface area (Å²) in [5.74, 6) is -0.385. The number of anilines is 1. The van der Waals surface area contributed by atoms with Crippen LogP contribution in [0, 0.1) is 13.8 Å². The van der Waals surface area contributed by atoms with E-state index < -0.39 is 0 Å². The van der Waals surface area contributed by atoms with Crippen molar-refractivity contribution < 1.29 is 9.59 Å². The van der Waals surface area contributed by atoms with E-state index in [9.17, 15) is 9.59 Å². The molecule has 0 aromatic carbocycles. The van der Waals surface area contributed by atoms with Crippen LogP contribution in [0.5, 0.6) is 0 Å². The number of nitrogens with zero attached hydrogens (tertiary/aromatic N) is 5. The first-order chi connectivity index (χ1) is 11.8. The fourth-order valence-electron chi connectivity index (χ4n) is 2.47. The Morgan fingerprint density at radius 3 is 2.48 bits per heavy atom. The van der Waals surface area contributed by atoms with E-state index in [1.807, 2.05) is 20.8 Å². The number of rotatable bonds is 6. The number of hydrogen-bond donors (Lipinski definition) is 1. The lowest BCUT2D eigenvalue weighted by Crippen LogP contribution is -2.26. The van der Waals surface area contributed by atoms with Crippen LogP contribution >= 0.6 is 15.9 Å². The Balaban J connectivity index is 2.09. The van der Waals surface area contributed by atoms with Crippen LogP contribution < -0.4 is 5.32 Å². The quantitative estimate of drug-likeness (QED) is 0.790. The molecule has 0 aliphatic heterocycles. The topological polar surface area (TPSA) is 85.0 Å². The molecule has 8 nitrogen and oxygen atoms in total. The van der Waals surface area contributed by atoms with Gasteiger partial charge in [-0.15, -0.1) is 0 Å². The first-order valence-electron chi connectivity index (χ1n) is 8.03. The third kappa shape index (κ3) is 4.09. The standard InChI is InChI=1S/C16H23BrN6O2/c1-6-22-15(16(25)21(4)5)12(9-18-22)19-13(24)7-8-23-11(3)14(17)10(2)20-23/h9H,6-8H2,1-5H3,(H,19,24). The minimum Gasteiger partial charge on any atom is -0.343 e. The summed E-state index contributed by atoms with van der Waals surface area (Å²) in [6, 6.07) is 0. The predicted octanol–water partition coefficient (Wildman–Crippen LogP) is 2.21. The van der Waals surface area contributed by atoms with Crippen molar-refractivity contribution in [2.45, 2.75) is 40.3 Å². The molecule has 0 aliphatic rings. The number of aromatic nitrogens is 4. The summed E-state index contributed by atoms with van der Waals surface area (Å²) in [6.45, 7) is 6.76. The van der Waals surface area contributed by atoms with Gasteiger partial charge in [-0.25, -0.2) is 0 Å². The zero-order chi connectivity index (χ0) is 18.7. The molecule has 0 spiro atoms. The van der Waals surface area contributed by atoms with Crippen molar-refractivity contribution in [3.63, 3.8) is 0 Å². The fourth-order valence-corrected chi connectivity index (χ4v) is 2.75. The number of carbonyl (C=O) groups excluding carboxylic acids is 2. The normalized spacial score (nSPS) is 10.8. The van der Waals surface area contributed by atoms with Crippen LogP contribution in [0.4, 0.5) is 5.69 Å². The van der Waals surface area contributed by atoms with Crippen molar-refractivity contribution in [1.29, 1.82) is 0 Å². The number of amides is 2. The van der Waals surface area contributed by atoms with Gasteiger partial charge in [0.15, 0.2) is 0 Å². The Hall–Kier alpha value is -2.16. The molecule has 0 aliphatic carbocycles. The summed E-state index contributed by atoms with van der Waals surface area (Å²) < 4.78 is 4.33. The lowest BCUT2D eigenvalue weighted by molar-refractivity contribution is -0.116. The van der Waals surface area contributed by atoms with Gasteiger partial charge in [0.05, 0.1) is 28.6 Å². The van der Waals surface area contributed by atoms with Gasteiger partial charge < -0.3 is 10.2 Å². The monoisotopic (exact) mass is 410 g/mol. The number of carbonyl (C=O) groups is 2. The molecule has 2 heterocycles. The van der Waals surface area contributed by atoms with Gasteiger partial charge in [0.25, 0.3) is 5.91 Å². The number of hydrogen-bond acceptors (Lipinski definition) is 4. The van der Waals surface area contributed by atoms with Crippen LogP contribution in [0.3, 0.4) is 0 Å². The van der Waals surface area contributed by atoms with Crippen LogP contribution in [-0.2, 0) is 17.9 Å². The maximum absolute atomic E-state index is 12.3. The second-order valence-corrected chi connectivity index (χ2v) is 6.72. The maximum Gasteiger partial charge on any atom is 0.273 e. The highest BCUT2D eigenvalue weighted by molar-refractivity contribution is 9.10. The first-order valence-corrected chi connectivity index (χ1v) is 8.82. The Bertz CT molecular complexity index is 793. The summed E-state index contributed by atoms with van der Waals surface area (Å²) >= 11 is 3.47. The zero-order valence-corrected chi connectivity index (χ0v) is 16.7. The SMILES string of the molecule is CCn1ncc(NC(=O)CCn2nc(C)c(Br)c2C)c1C(=O)N(C)C. The second kappa shape index (κ2) is 7.81. The summed E-state index contributed by atoms with van der Waals surface area (Å²) in [7, 11) is 3.34. The van der Waals surface area contributed by atoms with Crippen molar-refractivity contribution in [1.82, 2.24) is 24.5 Å². The average molecular weight is 411 g/mol. The lowest BCUT2D eigenvalue weighted by Gasteiger charge is -2.13. The summed E-state index contributed by atoms with van der Waals surface area (Å²) in [6.07, 6.45) is 1.76. The van der Waals surface area contributed by atoms with Gasteiger partial charge in [0, 0.05) is 32.8 Å². The van der Waals surface area contributed by atoms with E-state index in [0.29, 0.717) is 24.5 Å². The largest absolute Gasteiger partial charge is 0.343 e. The molecule has 0 radical (unpaired) electrons. The predicted molar refractivity (Wildman–Crippen MR) is 98.6 cm³/mol. The Kier molecular flexibility index (Phi) is 5.99. The van der Waals surface area contributed by atoms with E-state index in [-0.39, 0.29) is 18.2 Å². The molecule has 0 unspecified atom stereocenters. The smallest absolute Gasteiger partial charge is 0.273 e. The minimum absolute atomic E-state index is 0.188. The van der Waals surface area contributed by atoms with Crippen molar-refractivity contribution in [2.24, 2.45) is 0 Å². The third-order valence-electron chi connectivity index (χ3n) is 3.87. The van der Waals surface area contributed by atoms with Gasteiger partial charge in [0.2, 0.25) is 5.91 Å². The zero-order valence-electron chi connectivity index (χ0n) is 15.1. The molecule has 2 aromatic rings. The molecule has 2 aromatic heterocycles. The van der Waals surface area contributed by atoms with E-state index in [0.717, 1.165) is 15.9 Å². The molecule has 1 N–H and O–H groups in total. The number of nitrogens with one attached hydrogen (secondary N) is 1. The maximum atomic E-state index is 12.3. The van der Waals surface area contributed by atoms with Gasteiger partial charge in [0.1, 0.15) is 5.69 Å². The fraction of sp³-hybridized carbons (Fsp3) is 0.500. The Morgan fingerprint density at radius 1 is 1.28 bits per heavy atom. The molecular weight excluding hydrogens is 388 g/mol. The molecule has 0 bridgehead atoms.